The van der Waals surface area contributed by atoms with Crippen molar-refractivity contribution in [1.82, 2.24) is 10.2 Å². The van der Waals surface area contributed by atoms with Crippen LogP contribution < -0.4 is 5.32 Å². The third-order valence-corrected chi connectivity index (χ3v) is 6.08. The first-order valence-corrected chi connectivity index (χ1v) is 12.1. The Bertz CT molecular complexity index is 1250. The maximum absolute atomic E-state index is 12.7. The second kappa shape index (κ2) is 12.8. The van der Waals surface area contributed by atoms with E-state index in [0.29, 0.717) is 5.56 Å². The van der Waals surface area contributed by atoms with E-state index in [9.17, 15) is 18.8 Å². The van der Waals surface area contributed by atoms with E-state index in [0.717, 1.165) is 50.3 Å². The smallest absolute Gasteiger partial charge is 0.320 e. The van der Waals surface area contributed by atoms with Gasteiger partial charge in [0.05, 0.1) is 24.8 Å². The number of hydrogen-bond acceptors (Lipinski definition) is 6. The summed E-state index contributed by atoms with van der Waals surface area (Å²) in [5, 5.41) is 2.50. The van der Waals surface area contributed by atoms with Gasteiger partial charge in [-0.05, 0) is 35.4 Å². The van der Waals surface area contributed by atoms with Crippen LogP contribution in [0.4, 0.5) is 4.39 Å². The van der Waals surface area contributed by atoms with Gasteiger partial charge in [0.25, 0.3) is 5.78 Å². The molecule has 2 heterocycles. The van der Waals surface area contributed by atoms with Crippen LogP contribution >= 0.6 is 0 Å². The van der Waals surface area contributed by atoms with Crippen molar-refractivity contribution in [2.24, 2.45) is 9.98 Å². The molecule has 9 heteroatoms. The molecular formula is C28H27FN4O4. The van der Waals surface area contributed by atoms with Crippen molar-refractivity contribution in [1.29, 1.82) is 0 Å². The van der Waals surface area contributed by atoms with Gasteiger partial charge in [0.2, 0.25) is 5.91 Å². The van der Waals surface area contributed by atoms with Crippen molar-refractivity contribution < 1.29 is 23.5 Å². The normalized spacial score (nSPS) is 16.5. The van der Waals surface area contributed by atoms with E-state index in [2.05, 4.69) is 44.2 Å². The zero-order valence-corrected chi connectivity index (χ0v) is 20.3. The largest absolute Gasteiger partial charge is 0.379 e. The lowest BCUT2D eigenvalue weighted by molar-refractivity contribution is -0.132. The van der Waals surface area contributed by atoms with Gasteiger partial charge in [0.1, 0.15) is 13.0 Å². The number of carbonyl (C=O) groups is 3. The molecule has 2 aliphatic rings. The minimum Gasteiger partial charge on any atom is -0.379 e. The molecule has 2 aromatic carbocycles. The van der Waals surface area contributed by atoms with Gasteiger partial charge in [-0.3, -0.25) is 19.3 Å². The molecule has 37 heavy (non-hydrogen) atoms. The average molecular weight is 503 g/mol. The summed E-state index contributed by atoms with van der Waals surface area (Å²) in [6.07, 6.45) is 0.903. The second-order valence-electron chi connectivity index (χ2n) is 8.65. The number of amides is 2. The average Bonchev–Trinajstić information content (AvgIpc) is 2.93. The topological polar surface area (TPSA) is 100 Å². The van der Waals surface area contributed by atoms with E-state index >= 15 is 0 Å². The molecule has 4 rings (SSSR count). The molecule has 0 bridgehead atoms. The molecule has 2 aliphatic heterocycles. The summed E-state index contributed by atoms with van der Waals surface area (Å²) >= 11 is 0. The highest BCUT2D eigenvalue weighted by atomic mass is 19.1. The Balaban J connectivity index is 1.44. The molecule has 2 aromatic rings. The summed E-state index contributed by atoms with van der Waals surface area (Å²) in [4.78, 5) is 46.0. The summed E-state index contributed by atoms with van der Waals surface area (Å²) in [7, 11) is 0. The summed E-state index contributed by atoms with van der Waals surface area (Å²) in [5.41, 5.74) is 3.40. The fourth-order valence-electron chi connectivity index (χ4n) is 4.04. The van der Waals surface area contributed by atoms with Gasteiger partial charge in [-0.1, -0.05) is 36.1 Å². The molecular weight excluding hydrogens is 475 g/mol. The van der Waals surface area contributed by atoms with E-state index in [1.807, 2.05) is 12.1 Å². The van der Waals surface area contributed by atoms with E-state index < -0.39 is 30.2 Å². The predicted octanol–water partition coefficient (Wildman–Crippen LogP) is 2.06. The molecule has 1 saturated heterocycles. The lowest BCUT2D eigenvalue weighted by atomic mass is 9.90. The van der Waals surface area contributed by atoms with Crippen LogP contribution in [0.1, 0.15) is 34.6 Å². The first-order valence-electron chi connectivity index (χ1n) is 12.1. The summed E-state index contributed by atoms with van der Waals surface area (Å²) in [6.45, 7) is 3.44. The van der Waals surface area contributed by atoms with Crippen LogP contribution in [-0.2, 0) is 25.7 Å². The van der Waals surface area contributed by atoms with Crippen LogP contribution in [0.3, 0.4) is 0 Å². The molecule has 1 atom stereocenters. The highest BCUT2D eigenvalue weighted by Gasteiger charge is 2.29. The number of nitrogens with one attached hydrogen (secondary N) is 1. The van der Waals surface area contributed by atoms with Crippen LogP contribution in [0.15, 0.2) is 58.5 Å². The number of benzene rings is 2. The van der Waals surface area contributed by atoms with Crippen molar-refractivity contribution in [3.05, 3.63) is 70.8 Å². The maximum atomic E-state index is 12.7. The number of nitrogens with zero attached hydrogens (tertiary/aromatic N) is 3. The molecule has 0 aliphatic carbocycles. The first-order chi connectivity index (χ1) is 18.0. The Morgan fingerprint density at radius 2 is 1.68 bits per heavy atom. The van der Waals surface area contributed by atoms with Crippen LogP contribution in [0, 0.1) is 11.8 Å². The zero-order valence-electron chi connectivity index (χ0n) is 20.3. The van der Waals surface area contributed by atoms with Gasteiger partial charge >= 0.3 is 5.91 Å². The molecule has 0 saturated carbocycles. The Morgan fingerprint density at radius 3 is 2.32 bits per heavy atom. The molecule has 2 amide bonds. The number of Topliss-reactive ketones (excluding diaryl/α,β-unsaturated/α-hetero) is 1. The number of carbonyl (C=O) groups excluding carboxylic acids is 3. The standard InChI is InChI=1S/C28H27FN4O4/c29-11-12-30-27(35)24(17-25-26(34)28(36)32-19-31-25)23-9-7-21(8-10-23)2-1-20-3-5-22(6-4-20)18-33-13-15-37-16-14-33/h3-10,19,24H,11-18H2,(H,30,35). The van der Waals surface area contributed by atoms with E-state index in [-0.39, 0.29) is 18.7 Å². The quantitative estimate of drug-likeness (QED) is 0.440. The third kappa shape index (κ3) is 7.26. The fourth-order valence-corrected chi connectivity index (χ4v) is 4.04. The van der Waals surface area contributed by atoms with Crippen LogP contribution in [0.2, 0.25) is 0 Å². The Hall–Kier alpha value is -4.00. The van der Waals surface area contributed by atoms with E-state index in [4.69, 9.17) is 4.74 Å². The third-order valence-electron chi connectivity index (χ3n) is 6.08. The number of halogens is 1. The van der Waals surface area contributed by atoms with Crippen LogP contribution in [-0.4, -0.2) is 74.1 Å². The minimum atomic E-state index is -0.923. The fraction of sp³-hybridized carbons (Fsp3) is 0.321. The SMILES string of the molecule is O=C1N=CN=C(CC(C(=O)NCCF)c2ccc(C#Cc3ccc(CN4CCOCC4)cc3)cc2)C1=O. The molecule has 190 valence electrons. The van der Waals surface area contributed by atoms with E-state index in [1.165, 1.54) is 5.56 Å². The van der Waals surface area contributed by atoms with Crippen LogP contribution in [0.5, 0.6) is 0 Å². The lowest BCUT2D eigenvalue weighted by Gasteiger charge is -2.26. The second-order valence-corrected chi connectivity index (χ2v) is 8.65. The van der Waals surface area contributed by atoms with Crippen molar-refractivity contribution >= 4 is 29.6 Å². The van der Waals surface area contributed by atoms with E-state index in [1.54, 1.807) is 24.3 Å². The molecule has 1 N–H and O–H groups in total. The Kier molecular flexibility index (Phi) is 9.03. The van der Waals surface area contributed by atoms with Crippen molar-refractivity contribution in [3.63, 3.8) is 0 Å². The molecule has 1 unspecified atom stereocenters. The molecule has 1 fully saturated rings. The Morgan fingerprint density at radius 1 is 1.03 bits per heavy atom. The van der Waals surface area contributed by atoms with Gasteiger partial charge in [-0.15, -0.1) is 0 Å². The predicted molar refractivity (Wildman–Crippen MR) is 137 cm³/mol. The summed E-state index contributed by atoms with van der Waals surface area (Å²) in [6, 6.07) is 15.2. The number of aliphatic imine (C=N–C) groups is 2. The monoisotopic (exact) mass is 502 g/mol. The number of ether oxygens (including phenoxy) is 1. The minimum absolute atomic E-state index is 0.0543. The van der Waals surface area contributed by atoms with Gasteiger partial charge in [-0.25, -0.2) is 9.38 Å². The van der Waals surface area contributed by atoms with Crippen molar-refractivity contribution in [2.75, 3.05) is 39.5 Å². The number of alkyl halides is 1. The Labute approximate surface area is 214 Å². The first kappa shape index (κ1) is 26.1. The number of hydrogen-bond donors (Lipinski definition) is 1. The molecule has 0 radical (unpaired) electrons. The number of morpholine rings is 1. The van der Waals surface area contributed by atoms with Crippen molar-refractivity contribution in [2.45, 2.75) is 18.9 Å². The molecule has 0 aromatic heterocycles. The highest BCUT2D eigenvalue weighted by molar-refractivity contribution is 6.67. The van der Waals surface area contributed by atoms with Gasteiger partial charge < -0.3 is 10.1 Å². The number of rotatable bonds is 8. The zero-order chi connectivity index (χ0) is 26.0. The van der Waals surface area contributed by atoms with Gasteiger partial charge in [0, 0.05) is 43.7 Å². The molecule has 0 spiro atoms. The lowest BCUT2D eigenvalue weighted by Crippen LogP contribution is -2.35. The summed E-state index contributed by atoms with van der Waals surface area (Å²) < 4.78 is 18.0. The number of ketones is 1. The molecule has 8 nitrogen and oxygen atoms in total. The van der Waals surface area contributed by atoms with Crippen molar-refractivity contribution in [3.8, 4) is 11.8 Å². The van der Waals surface area contributed by atoms with Crippen LogP contribution in [0.25, 0.3) is 0 Å². The highest BCUT2D eigenvalue weighted by Crippen LogP contribution is 2.22. The summed E-state index contributed by atoms with van der Waals surface area (Å²) in [5.74, 6) is 3.22. The van der Waals surface area contributed by atoms with Gasteiger partial charge in [0.15, 0.2) is 0 Å². The maximum Gasteiger partial charge on any atom is 0.320 e. The van der Waals surface area contributed by atoms with Gasteiger partial charge in [-0.2, -0.15) is 4.99 Å².